The van der Waals surface area contributed by atoms with E-state index in [1.165, 1.54) is 6.20 Å². The molecule has 1 aliphatic rings. The van der Waals surface area contributed by atoms with E-state index in [2.05, 4.69) is 9.97 Å². The Labute approximate surface area is 63.0 Å². The van der Waals surface area contributed by atoms with Gasteiger partial charge in [-0.2, -0.15) is 0 Å². The van der Waals surface area contributed by atoms with Crippen molar-refractivity contribution in [2.24, 2.45) is 0 Å². The van der Waals surface area contributed by atoms with Crippen molar-refractivity contribution in [1.29, 1.82) is 0 Å². The van der Waals surface area contributed by atoms with E-state index < -0.39 is 5.97 Å². The monoisotopic (exact) mass is 156 g/mol. The molecule has 60 valence electrons. The van der Waals surface area contributed by atoms with E-state index in [0.717, 1.165) is 0 Å². The molecule has 1 aliphatic heterocycles. The van der Waals surface area contributed by atoms with Crippen LogP contribution in [0, 0.1) is 0 Å². The van der Waals surface area contributed by atoms with Crippen LogP contribution in [-0.4, -0.2) is 28.3 Å². The summed E-state index contributed by atoms with van der Waals surface area (Å²) >= 11 is 0. The lowest BCUT2D eigenvalue weighted by Gasteiger charge is -2.16. The lowest BCUT2D eigenvalue weighted by molar-refractivity contribution is -0.321. The van der Waals surface area contributed by atoms with Gasteiger partial charge in [0.2, 0.25) is 0 Å². The molecule has 0 bridgehead atoms. The molecule has 1 aromatic heterocycles. The SMILES string of the molecule is OC1(c2ncc[nH]2)OCCO1. The van der Waals surface area contributed by atoms with E-state index in [1.807, 2.05) is 0 Å². The fourth-order valence-electron chi connectivity index (χ4n) is 0.976. The first-order chi connectivity index (χ1) is 5.31. The molecule has 0 unspecified atom stereocenters. The van der Waals surface area contributed by atoms with Crippen LogP contribution in [0.25, 0.3) is 0 Å². The van der Waals surface area contributed by atoms with Crippen LogP contribution in [0.4, 0.5) is 0 Å². The Balaban J connectivity index is 2.27. The van der Waals surface area contributed by atoms with Crippen LogP contribution in [0.15, 0.2) is 12.4 Å². The molecule has 0 aliphatic carbocycles. The number of rotatable bonds is 1. The minimum Gasteiger partial charge on any atom is -0.342 e. The van der Waals surface area contributed by atoms with E-state index in [-0.39, 0.29) is 5.82 Å². The summed E-state index contributed by atoms with van der Waals surface area (Å²) in [5.74, 6) is -1.36. The van der Waals surface area contributed by atoms with Gasteiger partial charge in [-0.1, -0.05) is 0 Å². The van der Waals surface area contributed by atoms with Crippen LogP contribution in [0.2, 0.25) is 0 Å². The van der Waals surface area contributed by atoms with Gasteiger partial charge in [-0.3, -0.25) is 0 Å². The number of aromatic amines is 1. The summed E-state index contributed by atoms with van der Waals surface area (Å²) in [4.78, 5) is 6.52. The summed E-state index contributed by atoms with van der Waals surface area (Å²) in [6.07, 6.45) is 3.12. The molecule has 5 nitrogen and oxygen atoms in total. The van der Waals surface area contributed by atoms with Crippen molar-refractivity contribution in [2.45, 2.75) is 5.97 Å². The van der Waals surface area contributed by atoms with Gasteiger partial charge in [-0.05, 0) is 0 Å². The first-order valence-corrected chi connectivity index (χ1v) is 3.31. The van der Waals surface area contributed by atoms with Gasteiger partial charge in [-0.15, -0.1) is 0 Å². The Hall–Kier alpha value is -0.910. The molecule has 0 atom stereocenters. The summed E-state index contributed by atoms with van der Waals surface area (Å²) < 4.78 is 9.85. The average Bonchev–Trinajstić information content (AvgIpc) is 2.55. The van der Waals surface area contributed by atoms with E-state index in [1.54, 1.807) is 6.20 Å². The fourth-order valence-corrected chi connectivity index (χ4v) is 0.976. The van der Waals surface area contributed by atoms with E-state index in [9.17, 15) is 5.11 Å². The standard InChI is InChI=1S/C6H8N2O3/c9-6(10-3-4-11-6)5-7-1-2-8-5/h1-2,9H,3-4H2,(H,7,8). The molecule has 1 fully saturated rings. The van der Waals surface area contributed by atoms with Crippen molar-refractivity contribution in [3.05, 3.63) is 18.2 Å². The highest BCUT2D eigenvalue weighted by Gasteiger charge is 2.38. The zero-order valence-electron chi connectivity index (χ0n) is 5.78. The van der Waals surface area contributed by atoms with Crippen LogP contribution in [-0.2, 0) is 15.4 Å². The lowest BCUT2D eigenvalue weighted by atomic mass is 10.5. The first-order valence-electron chi connectivity index (χ1n) is 3.31. The second-order valence-corrected chi connectivity index (χ2v) is 2.22. The Morgan fingerprint density at radius 2 is 2.27 bits per heavy atom. The van der Waals surface area contributed by atoms with Gasteiger partial charge >= 0.3 is 5.97 Å². The van der Waals surface area contributed by atoms with E-state index in [4.69, 9.17) is 9.47 Å². The van der Waals surface area contributed by atoms with Crippen LogP contribution < -0.4 is 0 Å². The van der Waals surface area contributed by atoms with Gasteiger partial charge in [0.25, 0.3) is 0 Å². The highest BCUT2D eigenvalue weighted by Crippen LogP contribution is 2.24. The average molecular weight is 156 g/mol. The molecule has 0 saturated carbocycles. The molecule has 2 rings (SSSR count). The number of aromatic nitrogens is 2. The summed E-state index contributed by atoms with van der Waals surface area (Å²) in [6, 6.07) is 0. The fraction of sp³-hybridized carbons (Fsp3) is 0.500. The van der Waals surface area contributed by atoms with Crippen molar-refractivity contribution < 1.29 is 14.6 Å². The van der Waals surface area contributed by atoms with Crippen molar-refractivity contribution in [3.63, 3.8) is 0 Å². The molecule has 2 heterocycles. The molecule has 11 heavy (non-hydrogen) atoms. The molecule has 5 heteroatoms. The molecule has 1 aromatic rings. The van der Waals surface area contributed by atoms with Crippen molar-refractivity contribution in [1.82, 2.24) is 9.97 Å². The Morgan fingerprint density at radius 3 is 2.82 bits per heavy atom. The molecule has 0 amide bonds. The predicted molar refractivity (Wildman–Crippen MR) is 34.4 cm³/mol. The van der Waals surface area contributed by atoms with E-state index in [0.29, 0.717) is 13.2 Å². The number of nitrogens with zero attached hydrogens (tertiary/aromatic N) is 1. The number of aliphatic hydroxyl groups is 1. The molecular weight excluding hydrogens is 148 g/mol. The molecule has 1 saturated heterocycles. The maximum atomic E-state index is 9.51. The molecule has 0 radical (unpaired) electrons. The second kappa shape index (κ2) is 2.30. The molecule has 2 N–H and O–H groups in total. The highest BCUT2D eigenvalue weighted by molar-refractivity contribution is 4.93. The maximum absolute atomic E-state index is 9.51. The van der Waals surface area contributed by atoms with Crippen LogP contribution >= 0.6 is 0 Å². The predicted octanol–water partition coefficient (Wildman–Crippen LogP) is -0.441. The number of hydrogen-bond donors (Lipinski definition) is 2. The Kier molecular flexibility index (Phi) is 1.42. The van der Waals surface area contributed by atoms with Crippen molar-refractivity contribution >= 4 is 0 Å². The van der Waals surface area contributed by atoms with Crippen LogP contribution in [0.5, 0.6) is 0 Å². The quantitative estimate of drug-likeness (QED) is 0.578. The minimum absolute atomic E-state index is 0.287. The van der Waals surface area contributed by atoms with Gasteiger partial charge in [-0.25, -0.2) is 4.98 Å². The molecular formula is C6H8N2O3. The largest absolute Gasteiger partial charge is 0.343 e. The van der Waals surface area contributed by atoms with Gasteiger partial charge in [0.05, 0.1) is 13.2 Å². The zero-order valence-corrected chi connectivity index (χ0v) is 5.78. The summed E-state index contributed by atoms with van der Waals surface area (Å²) in [5.41, 5.74) is 0. The third kappa shape index (κ3) is 1.03. The Bertz CT molecular complexity index is 228. The number of H-pyrrole nitrogens is 1. The zero-order chi connectivity index (χ0) is 7.73. The van der Waals surface area contributed by atoms with Crippen molar-refractivity contribution in [2.75, 3.05) is 13.2 Å². The van der Waals surface area contributed by atoms with Crippen LogP contribution in [0.3, 0.4) is 0 Å². The molecule has 0 spiro atoms. The highest BCUT2D eigenvalue weighted by atomic mass is 16.8. The first kappa shape index (κ1) is 6.78. The number of nitrogens with one attached hydrogen (secondary N) is 1. The summed E-state index contributed by atoms with van der Waals surface area (Å²) in [6.45, 7) is 0.772. The van der Waals surface area contributed by atoms with Gasteiger partial charge in [0, 0.05) is 12.4 Å². The smallest absolute Gasteiger partial charge is 0.342 e. The number of imidazole rings is 1. The van der Waals surface area contributed by atoms with Gasteiger partial charge < -0.3 is 19.6 Å². The minimum atomic E-state index is -1.65. The van der Waals surface area contributed by atoms with Gasteiger partial charge in [0.1, 0.15) is 0 Å². The van der Waals surface area contributed by atoms with Crippen molar-refractivity contribution in [3.8, 4) is 0 Å². The Morgan fingerprint density at radius 1 is 1.55 bits per heavy atom. The normalized spacial score (nSPS) is 22.3. The second-order valence-electron chi connectivity index (χ2n) is 2.22. The topological polar surface area (TPSA) is 67.4 Å². The number of hydrogen-bond acceptors (Lipinski definition) is 4. The number of ether oxygens (including phenoxy) is 2. The van der Waals surface area contributed by atoms with E-state index >= 15 is 0 Å². The third-order valence-electron chi connectivity index (χ3n) is 1.48. The third-order valence-corrected chi connectivity index (χ3v) is 1.48. The summed E-state index contributed by atoms with van der Waals surface area (Å²) in [7, 11) is 0. The molecule has 0 aromatic carbocycles. The van der Waals surface area contributed by atoms with Gasteiger partial charge in [0.15, 0.2) is 5.82 Å². The lowest BCUT2D eigenvalue weighted by Crippen LogP contribution is -2.27. The summed E-state index contributed by atoms with van der Waals surface area (Å²) in [5, 5.41) is 9.51. The van der Waals surface area contributed by atoms with Crippen LogP contribution in [0.1, 0.15) is 5.82 Å². The maximum Gasteiger partial charge on any atom is 0.343 e.